The number of benzene rings is 1. The highest BCUT2D eigenvalue weighted by molar-refractivity contribution is 6.00. The number of piperazine rings is 1. The Hall–Kier alpha value is -1.39. The van der Waals surface area contributed by atoms with Crippen LogP contribution < -0.4 is 4.74 Å². The second-order valence-electron chi connectivity index (χ2n) is 5.97. The molecule has 1 unspecified atom stereocenters. The first-order valence-corrected chi connectivity index (χ1v) is 7.33. The number of ketones is 1. The first kappa shape index (κ1) is 13.6. The molecule has 1 aliphatic carbocycles. The number of carbonyl (C=O) groups is 1. The molecule has 1 aliphatic heterocycles. The van der Waals surface area contributed by atoms with Gasteiger partial charge in [-0.15, -0.1) is 0 Å². The maximum atomic E-state index is 12.7. The minimum Gasteiger partial charge on any atom is -0.490 e. The summed E-state index contributed by atoms with van der Waals surface area (Å²) in [5.74, 6) is 1.02. The summed E-state index contributed by atoms with van der Waals surface area (Å²) in [6, 6.07) is 7.58. The third kappa shape index (κ3) is 3.02. The molecule has 0 aromatic heterocycles. The van der Waals surface area contributed by atoms with Crippen LogP contribution in [-0.2, 0) is 0 Å². The van der Waals surface area contributed by atoms with Gasteiger partial charge < -0.3 is 9.64 Å². The van der Waals surface area contributed by atoms with Crippen molar-refractivity contribution in [2.24, 2.45) is 0 Å². The van der Waals surface area contributed by atoms with E-state index in [-0.39, 0.29) is 11.8 Å². The summed E-state index contributed by atoms with van der Waals surface area (Å²) in [6.07, 6.45) is 2.63. The fourth-order valence-corrected chi connectivity index (χ4v) is 2.59. The second-order valence-corrected chi connectivity index (χ2v) is 5.97. The molecule has 0 spiro atoms. The van der Waals surface area contributed by atoms with E-state index < -0.39 is 0 Å². The van der Waals surface area contributed by atoms with E-state index in [4.69, 9.17) is 4.74 Å². The predicted molar refractivity (Wildman–Crippen MR) is 78.3 cm³/mol. The Kier molecular flexibility index (Phi) is 3.76. The van der Waals surface area contributed by atoms with Crippen molar-refractivity contribution < 1.29 is 9.53 Å². The van der Waals surface area contributed by atoms with Crippen LogP contribution in [0.3, 0.4) is 0 Å². The Bertz CT molecular complexity index is 499. The number of hydrogen-bond donors (Lipinski definition) is 0. The molecule has 4 heteroatoms. The molecular weight excluding hydrogens is 252 g/mol. The van der Waals surface area contributed by atoms with Gasteiger partial charge in [-0.1, -0.05) is 12.1 Å². The number of Topliss-reactive ketones (excluding diaryl/α,β-unsaturated/α-hetero) is 1. The zero-order valence-electron chi connectivity index (χ0n) is 12.2. The summed E-state index contributed by atoms with van der Waals surface area (Å²) >= 11 is 0. The normalized spacial score (nSPS) is 24.6. The molecular formula is C16H22N2O2. The lowest BCUT2D eigenvalue weighted by molar-refractivity contribution is 0.0686. The van der Waals surface area contributed by atoms with Crippen LogP contribution in [0.1, 0.15) is 23.2 Å². The van der Waals surface area contributed by atoms with Crippen molar-refractivity contribution in [1.29, 1.82) is 0 Å². The molecule has 0 radical (unpaired) electrons. The van der Waals surface area contributed by atoms with Gasteiger partial charge in [-0.05, 0) is 39.1 Å². The molecule has 108 valence electrons. The van der Waals surface area contributed by atoms with Gasteiger partial charge in [-0.2, -0.15) is 0 Å². The molecule has 1 aromatic rings. The van der Waals surface area contributed by atoms with Gasteiger partial charge in [-0.3, -0.25) is 9.69 Å². The molecule has 2 aliphatic rings. The van der Waals surface area contributed by atoms with Crippen molar-refractivity contribution in [2.45, 2.75) is 25.0 Å². The zero-order chi connectivity index (χ0) is 14.1. The summed E-state index contributed by atoms with van der Waals surface area (Å²) in [5, 5.41) is 0. The lowest BCUT2D eigenvalue weighted by Gasteiger charge is -2.36. The average molecular weight is 274 g/mol. The quantitative estimate of drug-likeness (QED) is 0.782. The van der Waals surface area contributed by atoms with Gasteiger partial charge in [-0.25, -0.2) is 0 Å². The van der Waals surface area contributed by atoms with Crippen molar-refractivity contribution >= 4 is 5.78 Å². The maximum absolute atomic E-state index is 12.7. The van der Waals surface area contributed by atoms with Gasteiger partial charge in [0.05, 0.1) is 12.1 Å². The molecule has 1 atom stereocenters. The molecule has 0 N–H and O–H groups in total. The largest absolute Gasteiger partial charge is 0.490 e. The van der Waals surface area contributed by atoms with E-state index in [0.717, 1.165) is 43.8 Å². The van der Waals surface area contributed by atoms with Crippen molar-refractivity contribution in [1.82, 2.24) is 9.80 Å². The molecule has 4 nitrogen and oxygen atoms in total. The number of likely N-dealkylation sites (N-methyl/N-ethyl adjacent to an activating group) is 2. The molecule has 3 rings (SSSR count). The van der Waals surface area contributed by atoms with Crippen LogP contribution in [-0.4, -0.2) is 61.5 Å². The first-order valence-electron chi connectivity index (χ1n) is 7.33. The second kappa shape index (κ2) is 5.54. The summed E-state index contributed by atoms with van der Waals surface area (Å²) in [5.41, 5.74) is 0.760. The molecule has 1 heterocycles. The predicted octanol–water partition coefficient (Wildman–Crippen LogP) is 1.66. The monoisotopic (exact) mass is 274 g/mol. The summed E-state index contributed by atoms with van der Waals surface area (Å²) in [7, 11) is 4.10. The van der Waals surface area contributed by atoms with Crippen molar-refractivity contribution in [3.8, 4) is 5.75 Å². The molecule has 0 amide bonds. The molecule has 1 aromatic carbocycles. The van der Waals surface area contributed by atoms with E-state index in [0.29, 0.717) is 6.10 Å². The minimum atomic E-state index is -0.0510. The number of nitrogens with zero attached hydrogens (tertiary/aromatic N) is 2. The Labute approximate surface area is 120 Å². The van der Waals surface area contributed by atoms with E-state index in [1.807, 2.05) is 31.3 Å². The van der Waals surface area contributed by atoms with E-state index in [9.17, 15) is 4.79 Å². The third-order valence-corrected chi connectivity index (χ3v) is 4.10. The summed E-state index contributed by atoms with van der Waals surface area (Å²) in [6.45, 7) is 2.75. The minimum absolute atomic E-state index is 0.0510. The zero-order valence-corrected chi connectivity index (χ0v) is 12.2. The van der Waals surface area contributed by atoms with Crippen LogP contribution in [0, 0.1) is 0 Å². The Morgan fingerprint density at radius 3 is 2.80 bits per heavy atom. The smallest absolute Gasteiger partial charge is 0.181 e. The van der Waals surface area contributed by atoms with E-state index in [2.05, 4.69) is 16.8 Å². The van der Waals surface area contributed by atoms with Gasteiger partial charge in [0.1, 0.15) is 5.75 Å². The number of carbonyl (C=O) groups excluding carboxylic acids is 1. The van der Waals surface area contributed by atoms with Crippen molar-refractivity contribution in [2.75, 3.05) is 33.7 Å². The Morgan fingerprint density at radius 2 is 2.05 bits per heavy atom. The fourth-order valence-electron chi connectivity index (χ4n) is 2.59. The standard InChI is InChI=1S/C16H22N2O2/c1-17-8-9-18(2)15(11-17)16(19)12-4-3-5-14(10-12)20-13-6-7-13/h3-5,10,13,15H,6-9,11H2,1-2H3. The number of hydrogen-bond acceptors (Lipinski definition) is 4. The van der Waals surface area contributed by atoms with E-state index in [1.54, 1.807) is 0 Å². The molecule has 1 saturated heterocycles. The van der Waals surface area contributed by atoms with Crippen LogP contribution in [0.4, 0.5) is 0 Å². The van der Waals surface area contributed by atoms with Crippen LogP contribution in [0.5, 0.6) is 5.75 Å². The summed E-state index contributed by atoms with van der Waals surface area (Å²) < 4.78 is 5.78. The van der Waals surface area contributed by atoms with Gasteiger partial charge in [0.25, 0.3) is 0 Å². The third-order valence-electron chi connectivity index (χ3n) is 4.10. The van der Waals surface area contributed by atoms with Crippen molar-refractivity contribution in [3.63, 3.8) is 0 Å². The van der Waals surface area contributed by atoms with Crippen molar-refractivity contribution in [3.05, 3.63) is 29.8 Å². The van der Waals surface area contributed by atoms with Crippen LogP contribution in [0.2, 0.25) is 0 Å². The van der Waals surface area contributed by atoms with Crippen LogP contribution in [0.15, 0.2) is 24.3 Å². The highest BCUT2D eigenvalue weighted by atomic mass is 16.5. The van der Waals surface area contributed by atoms with Gasteiger partial charge in [0.15, 0.2) is 5.78 Å². The average Bonchev–Trinajstić information content (AvgIpc) is 3.25. The highest BCUT2D eigenvalue weighted by Crippen LogP contribution is 2.27. The van der Waals surface area contributed by atoms with Crippen LogP contribution in [0.25, 0.3) is 0 Å². The van der Waals surface area contributed by atoms with E-state index >= 15 is 0 Å². The fraction of sp³-hybridized carbons (Fsp3) is 0.562. The number of rotatable bonds is 4. The Morgan fingerprint density at radius 1 is 1.25 bits per heavy atom. The van der Waals surface area contributed by atoms with Gasteiger partial charge >= 0.3 is 0 Å². The lowest BCUT2D eigenvalue weighted by atomic mass is 10.0. The molecule has 2 fully saturated rings. The molecule has 0 bridgehead atoms. The van der Waals surface area contributed by atoms with Crippen LogP contribution >= 0.6 is 0 Å². The first-order chi connectivity index (χ1) is 9.63. The van der Waals surface area contributed by atoms with E-state index in [1.165, 1.54) is 0 Å². The SMILES string of the molecule is CN1CCN(C)C(C(=O)c2cccc(OC3CC3)c2)C1. The number of ether oxygens (including phenoxy) is 1. The lowest BCUT2D eigenvalue weighted by Crippen LogP contribution is -2.53. The Balaban J connectivity index is 1.74. The maximum Gasteiger partial charge on any atom is 0.181 e. The van der Waals surface area contributed by atoms with Gasteiger partial charge in [0.2, 0.25) is 0 Å². The molecule has 20 heavy (non-hydrogen) atoms. The summed E-state index contributed by atoms with van der Waals surface area (Å²) in [4.78, 5) is 17.1. The topological polar surface area (TPSA) is 32.8 Å². The highest BCUT2D eigenvalue weighted by Gasteiger charge is 2.29. The van der Waals surface area contributed by atoms with Gasteiger partial charge in [0, 0.05) is 25.2 Å². The molecule has 1 saturated carbocycles.